The van der Waals surface area contributed by atoms with Crippen LogP contribution in [-0.4, -0.2) is 56.9 Å². The van der Waals surface area contributed by atoms with Crippen LogP contribution in [0.3, 0.4) is 0 Å². The Labute approximate surface area is 96.5 Å². The molecular formula is C9H19NO5S. The van der Waals surface area contributed by atoms with Crippen molar-refractivity contribution >= 4 is 16.1 Å². The molecule has 0 aromatic rings. The van der Waals surface area contributed by atoms with Crippen molar-refractivity contribution < 1.29 is 27.4 Å². The zero-order chi connectivity index (χ0) is 13.7. The fourth-order valence-electron chi connectivity index (χ4n) is 0.346. The van der Waals surface area contributed by atoms with Gasteiger partial charge < -0.3 is 14.4 Å². The first-order valence-corrected chi connectivity index (χ1v) is 5.92. The highest BCUT2D eigenvalue weighted by Crippen LogP contribution is 2.06. The Kier molecular flexibility index (Phi) is 6.52. The van der Waals surface area contributed by atoms with Gasteiger partial charge in [-0.2, -0.15) is 8.42 Å². The van der Waals surface area contributed by atoms with Gasteiger partial charge in [-0.25, -0.2) is 0 Å². The molecule has 16 heavy (non-hydrogen) atoms. The summed E-state index contributed by atoms with van der Waals surface area (Å²) in [5.74, 6) is -1.69. The van der Waals surface area contributed by atoms with Crippen molar-refractivity contribution in [3.8, 4) is 0 Å². The van der Waals surface area contributed by atoms with Crippen molar-refractivity contribution in [1.82, 2.24) is 0 Å². The number of carbonyl (C=O) groups is 1. The molecule has 0 saturated carbocycles. The Bertz CT molecular complexity index is 347. The van der Waals surface area contributed by atoms with Crippen molar-refractivity contribution in [3.05, 3.63) is 12.2 Å². The second kappa shape index (κ2) is 5.97. The quantitative estimate of drug-likeness (QED) is 0.391. The summed E-state index contributed by atoms with van der Waals surface area (Å²) in [5.41, 5.74) is -0.660. The molecule has 0 spiro atoms. The van der Waals surface area contributed by atoms with Crippen molar-refractivity contribution in [2.75, 3.05) is 28.2 Å². The molecule has 0 fully saturated rings. The molecule has 0 aliphatic heterocycles. The molecule has 0 aliphatic rings. The summed E-state index contributed by atoms with van der Waals surface area (Å²) in [7, 11) is 4.13. The number of hydrogen-bond acceptors (Lipinski definition) is 4. The van der Waals surface area contributed by atoms with E-state index >= 15 is 0 Å². The van der Waals surface area contributed by atoms with Gasteiger partial charge in [-0.15, -0.1) is 0 Å². The van der Waals surface area contributed by atoms with Gasteiger partial charge in [-0.1, -0.05) is 6.58 Å². The lowest BCUT2D eigenvalue weighted by molar-refractivity contribution is -0.849. The second-order valence-corrected chi connectivity index (χ2v) is 6.39. The predicted octanol–water partition coefficient (Wildman–Crippen LogP) is -1.11. The maximum atomic E-state index is 10.3. The van der Waals surface area contributed by atoms with Crippen LogP contribution in [0.5, 0.6) is 0 Å². The smallest absolute Gasteiger partial charge is 0.271 e. The highest BCUT2D eigenvalue weighted by Gasteiger charge is 2.20. The summed E-state index contributed by atoms with van der Waals surface area (Å²) in [4.78, 5) is 10.0. The number of nitrogens with zero attached hydrogens (tertiary/aromatic N) is 1. The summed E-state index contributed by atoms with van der Waals surface area (Å²) in [6.07, 6.45) is 0. The highest BCUT2D eigenvalue weighted by molar-refractivity contribution is 7.86. The minimum absolute atomic E-state index is 0.660. The van der Waals surface area contributed by atoms with Gasteiger partial charge in [0.15, 0.2) is 0 Å². The van der Waals surface area contributed by atoms with Crippen molar-refractivity contribution in [3.63, 3.8) is 0 Å². The molecule has 0 aliphatic carbocycles. The van der Waals surface area contributed by atoms with E-state index < -0.39 is 26.9 Å². The number of aliphatic carboxylic acids is 1. The third-order valence-corrected chi connectivity index (χ3v) is 2.38. The van der Waals surface area contributed by atoms with E-state index in [4.69, 9.17) is 4.55 Å². The molecule has 0 aromatic heterocycles. The van der Waals surface area contributed by atoms with Crippen molar-refractivity contribution in [2.24, 2.45) is 0 Å². The molecular weight excluding hydrogens is 234 g/mol. The van der Waals surface area contributed by atoms with E-state index in [1.807, 2.05) is 0 Å². The van der Waals surface area contributed by atoms with Crippen molar-refractivity contribution in [2.45, 2.75) is 12.2 Å². The molecule has 1 unspecified atom stereocenters. The molecule has 0 rings (SSSR count). The van der Waals surface area contributed by atoms with Crippen LogP contribution in [0.25, 0.3) is 0 Å². The number of carbonyl (C=O) groups excluding carboxylic acids is 1. The molecule has 96 valence electrons. The first-order valence-electron chi connectivity index (χ1n) is 4.42. The summed E-state index contributed by atoms with van der Waals surface area (Å²) >= 11 is 0. The van der Waals surface area contributed by atoms with Gasteiger partial charge in [0, 0.05) is 0 Å². The third-order valence-electron chi connectivity index (χ3n) is 1.20. The van der Waals surface area contributed by atoms with E-state index in [9.17, 15) is 18.3 Å². The molecule has 1 atom stereocenters. The Morgan fingerprint density at radius 1 is 1.31 bits per heavy atom. The lowest BCUT2D eigenvalue weighted by atomic mass is 10.2. The van der Waals surface area contributed by atoms with Crippen LogP contribution >= 0.6 is 0 Å². The topological polar surface area (TPSA) is 94.5 Å². The lowest BCUT2D eigenvalue weighted by Crippen LogP contribution is -2.32. The van der Waals surface area contributed by atoms with Gasteiger partial charge in [0.25, 0.3) is 10.1 Å². The maximum Gasteiger partial charge on any atom is 0.271 e. The number of rotatable bonds is 3. The molecule has 0 aromatic carbocycles. The number of carboxylic acids is 1. The summed E-state index contributed by atoms with van der Waals surface area (Å²) in [6, 6.07) is 0. The average Bonchev–Trinajstić information content (AvgIpc) is 1.96. The standard InChI is InChI=1S/C5H8O5S.C4H12N/c1-3(5(6)7)4(2)11(8,9)10;1-5(2,3)4/h4H,1H2,2H3,(H,6,7)(H,8,9,10);1-4H3/q;+1/p-1. The van der Waals surface area contributed by atoms with Gasteiger partial charge in [-0.05, 0) is 12.5 Å². The van der Waals surface area contributed by atoms with Crippen molar-refractivity contribution in [1.29, 1.82) is 0 Å². The van der Waals surface area contributed by atoms with E-state index in [1.54, 1.807) is 0 Å². The van der Waals surface area contributed by atoms with Gasteiger partial charge in [0.2, 0.25) is 0 Å². The van der Waals surface area contributed by atoms with Gasteiger partial charge in [0.1, 0.15) is 5.25 Å². The summed E-state index contributed by atoms with van der Waals surface area (Å²) < 4.78 is 29.9. The molecule has 0 heterocycles. The van der Waals surface area contributed by atoms with Crippen LogP contribution in [0.2, 0.25) is 0 Å². The minimum Gasteiger partial charge on any atom is -0.545 e. The molecule has 1 N–H and O–H groups in total. The third kappa shape index (κ3) is 11.2. The summed E-state index contributed by atoms with van der Waals surface area (Å²) in [5, 5.41) is 8.48. The van der Waals surface area contributed by atoms with E-state index in [0.717, 1.165) is 11.4 Å². The van der Waals surface area contributed by atoms with Gasteiger partial charge >= 0.3 is 0 Å². The SMILES string of the molecule is C=C(C(=O)[O-])C(C)S(=O)(=O)O.C[N+](C)(C)C. The Morgan fingerprint density at radius 2 is 1.56 bits per heavy atom. The van der Waals surface area contributed by atoms with Crippen LogP contribution in [0.15, 0.2) is 12.2 Å². The monoisotopic (exact) mass is 253 g/mol. The zero-order valence-electron chi connectivity index (χ0n) is 10.2. The minimum atomic E-state index is -4.37. The number of quaternary nitrogens is 1. The summed E-state index contributed by atoms with van der Waals surface area (Å²) in [6.45, 7) is 3.93. The van der Waals surface area contributed by atoms with Crippen LogP contribution < -0.4 is 5.11 Å². The number of hydrogen-bond donors (Lipinski definition) is 1. The number of carboxylic acid groups (broad SMARTS) is 1. The van der Waals surface area contributed by atoms with Crippen LogP contribution in [-0.2, 0) is 14.9 Å². The predicted molar refractivity (Wildman–Crippen MR) is 59.1 cm³/mol. The normalized spacial score (nSPS) is 13.4. The first-order chi connectivity index (χ1) is 6.76. The largest absolute Gasteiger partial charge is 0.545 e. The fraction of sp³-hybridized carbons (Fsp3) is 0.667. The van der Waals surface area contributed by atoms with E-state index in [-0.39, 0.29) is 0 Å². The Morgan fingerprint density at radius 3 is 1.62 bits per heavy atom. The molecule has 0 saturated heterocycles. The second-order valence-electron chi connectivity index (χ2n) is 4.65. The average molecular weight is 253 g/mol. The van der Waals surface area contributed by atoms with Crippen LogP contribution in [0.1, 0.15) is 6.92 Å². The molecule has 0 bridgehead atoms. The van der Waals surface area contributed by atoms with Gasteiger partial charge in [0.05, 0.1) is 34.2 Å². The van der Waals surface area contributed by atoms with Crippen LogP contribution in [0, 0.1) is 0 Å². The van der Waals surface area contributed by atoms with Crippen LogP contribution in [0.4, 0.5) is 0 Å². The van der Waals surface area contributed by atoms with E-state index in [1.165, 1.54) is 0 Å². The lowest BCUT2D eigenvalue weighted by Gasteiger charge is -2.14. The van der Waals surface area contributed by atoms with E-state index in [2.05, 4.69) is 34.8 Å². The van der Waals surface area contributed by atoms with Gasteiger partial charge in [-0.3, -0.25) is 4.55 Å². The van der Waals surface area contributed by atoms with E-state index in [0.29, 0.717) is 0 Å². The Balaban J connectivity index is 0. The molecule has 0 radical (unpaired) electrons. The first kappa shape index (κ1) is 17.5. The highest BCUT2D eigenvalue weighted by atomic mass is 32.2. The zero-order valence-corrected chi connectivity index (χ0v) is 11.0. The Hall–Kier alpha value is -0.920. The fourth-order valence-corrected chi connectivity index (χ4v) is 0.802. The maximum absolute atomic E-state index is 10.3. The molecule has 6 nitrogen and oxygen atoms in total. The molecule has 7 heteroatoms. The molecule has 0 amide bonds.